The van der Waals surface area contributed by atoms with Crippen LogP contribution in [0.1, 0.15) is 52.8 Å². The lowest BCUT2D eigenvalue weighted by Gasteiger charge is -2.34. The highest BCUT2D eigenvalue weighted by atomic mass is 15.2. The molecule has 6 heteroatoms. The molecule has 0 bridgehead atoms. The predicted octanol–water partition coefficient (Wildman–Crippen LogP) is 5.72. The van der Waals surface area contributed by atoms with E-state index in [0.717, 1.165) is 61.6 Å². The lowest BCUT2D eigenvalue weighted by Crippen LogP contribution is -2.32. The summed E-state index contributed by atoms with van der Waals surface area (Å²) in [7, 11) is 0. The van der Waals surface area contributed by atoms with Gasteiger partial charge in [0, 0.05) is 32.0 Å². The Bertz CT molecular complexity index is 1430. The fourth-order valence-electron chi connectivity index (χ4n) is 5.40. The summed E-state index contributed by atoms with van der Waals surface area (Å²) in [6.45, 7) is 3.15. The lowest BCUT2D eigenvalue weighted by molar-refractivity contribution is 0.153. The third kappa shape index (κ3) is 5.61. The van der Waals surface area contributed by atoms with Crippen LogP contribution in [-0.2, 0) is 32.6 Å². The Labute approximate surface area is 217 Å². The molecule has 0 radical (unpaired) electrons. The predicted molar refractivity (Wildman–Crippen MR) is 146 cm³/mol. The Kier molecular flexibility index (Phi) is 7.01. The molecule has 186 valence electrons. The van der Waals surface area contributed by atoms with E-state index in [1.165, 1.54) is 28.8 Å². The maximum absolute atomic E-state index is 4.90. The molecule has 6 rings (SSSR count). The van der Waals surface area contributed by atoms with E-state index in [4.69, 9.17) is 9.97 Å². The van der Waals surface area contributed by atoms with Crippen molar-refractivity contribution in [3.8, 4) is 0 Å². The quantitative estimate of drug-likeness (QED) is 0.278. The van der Waals surface area contributed by atoms with Gasteiger partial charge in [-0.3, -0.25) is 14.9 Å². The first-order valence-corrected chi connectivity index (χ1v) is 13.1. The van der Waals surface area contributed by atoms with Crippen LogP contribution < -0.4 is 5.32 Å². The first-order chi connectivity index (χ1) is 18.3. The summed E-state index contributed by atoms with van der Waals surface area (Å²) >= 11 is 0. The highest BCUT2D eigenvalue weighted by Gasteiger charge is 2.28. The van der Waals surface area contributed by atoms with E-state index < -0.39 is 0 Å². The van der Waals surface area contributed by atoms with Crippen molar-refractivity contribution in [2.75, 3.05) is 0 Å². The third-order valence-electron chi connectivity index (χ3n) is 7.14. The second-order valence-electron chi connectivity index (χ2n) is 9.81. The number of hydrogen-bond acceptors (Lipinski definition) is 5. The van der Waals surface area contributed by atoms with E-state index in [1.54, 1.807) is 0 Å². The summed E-state index contributed by atoms with van der Waals surface area (Å²) in [6.07, 6.45) is 7.17. The van der Waals surface area contributed by atoms with E-state index in [1.807, 2.05) is 30.6 Å². The summed E-state index contributed by atoms with van der Waals surface area (Å²) in [4.78, 5) is 20.2. The molecule has 1 atom stereocenters. The topological polar surface area (TPSA) is 69.7 Å². The van der Waals surface area contributed by atoms with Gasteiger partial charge in [0.25, 0.3) is 0 Å². The molecular formula is C31H32N6. The molecule has 2 N–H and O–H groups in total. The molecule has 1 aliphatic rings. The summed E-state index contributed by atoms with van der Waals surface area (Å²) < 4.78 is 0. The number of rotatable bonds is 9. The van der Waals surface area contributed by atoms with Crippen LogP contribution in [0.15, 0.2) is 91.3 Å². The van der Waals surface area contributed by atoms with Crippen molar-refractivity contribution in [3.05, 3.63) is 125 Å². The highest BCUT2D eigenvalue weighted by Crippen LogP contribution is 2.34. The molecule has 0 amide bonds. The number of aromatic amines is 1. The number of hydrogen-bond donors (Lipinski definition) is 2. The Hall–Kier alpha value is -3.87. The van der Waals surface area contributed by atoms with Gasteiger partial charge in [-0.15, -0.1) is 0 Å². The smallest absolute Gasteiger partial charge is 0.121 e. The lowest BCUT2D eigenvalue weighted by atomic mass is 9.90. The number of pyridine rings is 2. The van der Waals surface area contributed by atoms with Crippen LogP contribution in [-0.4, -0.2) is 24.8 Å². The molecule has 0 fully saturated rings. The van der Waals surface area contributed by atoms with Gasteiger partial charge in [-0.1, -0.05) is 48.5 Å². The van der Waals surface area contributed by atoms with E-state index >= 15 is 0 Å². The molecule has 2 aromatic carbocycles. The maximum Gasteiger partial charge on any atom is 0.121 e. The number of benzene rings is 2. The first-order valence-electron chi connectivity index (χ1n) is 13.1. The number of para-hydroxylation sites is 2. The number of aryl methyl sites for hydroxylation is 1. The van der Waals surface area contributed by atoms with Gasteiger partial charge in [-0.25, -0.2) is 4.98 Å². The summed E-state index contributed by atoms with van der Waals surface area (Å²) in [5, 5.41) is 3.53. The van der Waals surface area contributed by atoms with Gasteiger partial charge in [-0.05, 0) is 66.3 Å². The summed E-state index contributed by atoms with van der Waals surface area (Å²) in [5.74, 6) is 0.998. The largest absolute Gasteiger partial charge is 0.341 e. The number of H-pyrrole nitrogens is 1. The number of nitrogens with one attached hydrogen (secondary N) is 2. The minimum absolute atomic E-state index is 0.268. The minimum atomic E-state index is 0.268. The summed E-state index contributed by atoms with van der Waals surface area (Å²) in [5.41, 5.74) is 8.33. The molecule has 1 unspecified atom stereocenters. The Balaban J connectivity index is 1.23. The maximum atomic E-state index is 4.90. The number of imidazole rings is 1. The van der Waals surface area contributed by atoms with Crippen molar-refractivity contribution in [1.82, 2.24) is 30.2 Å². The van der Waals surface area contributed by atoms with E-state index in [2.05, 4.69) is 80.8 Å². The van der Waals surface area contributed by atoms with Gasteiger partial charge >= 0.3 is 0 Å². The molecule has 0 aliphatic heterocycles. The van der Waals surface area contributed by atoms with Crippen molar-refractivity contribution in [2.24, 2.45) is 0 Å². The van der Waals surface area contributed by atoms with Gasteiger partial charge in [0.15, 0.2) is 0 Å². The fourth-order valence-corrected chi connectivity index (χ4v) is 5.40. The Morgan fingerprint density at radius 2 is 1.73 bits per heavy atom. The monoisotopic (exact) mass is 488 g/mol. The zero-order valence-electron chi connectivity index (χ0n) is 21.0. The molecular weight excluding hydrogens is 456 g/mol. The van der Waals surface area contributed by atoms with Crippen LogP contribution in [0, 0.1) is 0 Å². The molecule has 0 spiro atoms. The highest BCUT2D eigenvalue weighted by molar-refractivity contribution is 5.74. The van der Waals surface area contributed by atoms with Crippen LogP contribution in [0.5, 0.6) is 0 Å². The van der Waals surface area contributed by atoms with Crippen molar-refractivity contribution < 1.29 is 0 Å². The van der Waals surface area contributed by atoms with Crippen LogP contribution in [0.3, 0.4) is 0 Å². The van der Waals surface area contributed by atoms with Gasteiger partial charge in [0.1, 0.15) is 5.82 Å². The van der Waals surface area contributed by atoms with E-state index in [0.29, 0.717) is 0 Å². The molecule has 6 nitrogen and oxygen atoms in total. The summed E-state index contributed by atoms with van der Waals surface area (Å²) in [6, 6.07) is 27.8. The molecule has 0 saturated heterocycles. The van der Waals surface area contributed by atoms with Crippen LogP contribution in [0.25, 0.3) is 11.0 Å². The number of fused-ring (bicyclic) bond motifs is 2. The minimum Gasteiger partial charge on any atom is -0.341 e. The van der Waals surface area contributed by atoms with E-state index in [9.17, 15) is 0 Å². The molecule has 0 saturated carbocycles. The van der Waals surface area contributed by atoms with Crippen molar-refractivity contribution in [2.45, 2.75) is 51.5 Å². The molecule has 1 aliphatic carbocycles. The zero-order valence-corrected chi connectivity index (χ0v) is 21.0. The van der Waals surface area contributed by atoms with Gasteiger partial charge in [-0.2, -0.15) is 0 Å². The molecule has 3 heterocycles. The van der Waals surface area contributed by atoms with Gasteiger partial charge < -0.3 is 10.3 Å². The standard InChI is InChI=1S/C31H32N6/c1-2-14-28-27(13-1)35-30(36-28)22-37(29-15-6-10-25-11-7-17-34-31(25)29)21-24-9-5-8-23(18-24)19-32-20-26-12-3-4-16-33-26/h1-5,7-9,11-14,16-18,29,32H,6,10,15,19-22H2,(H,35,36). The average Bonchev–Trinajstić information content (AvgIpc) is 3.36. The molecule has 5 aromatic rings. The number of aromatic nitrogens is 4. The Morgan fingerprint density at radius 3 is 2.65 bits per heavy atom. The van der Waals surface area contributed by atoms with Crippen LogP contribution >= 0.6 is 0 Å². The van der Waals surface area contributed by atoms with E-state index in [-0.39, 0.29) is 6.04 Å². The Morgan fingerprint density at radius 1 is 0.838 bits per heavy atom. The molecule has 3 aromatic heterocycles. The third-order valence-corrected chi connectivity index (χ3v) is 7.14. The second-order valence-corrected chi connectivity index (χ2v) is 9.81. The fraction of sp³-hybridized carbons (Fsp3) is 0.258. The normalized spacial score (nSPS) is 15.2. The average molecular weight is 489 g/mol. The van der Waals surface area contributed by atoms with Crippen LogP contribution in [0.2, 0.25) is 0 Å². The molecule has 37 heavy (non-hydrogen) atoms. The van der Waals surface area contributed by atoms with Gasteiger partial charge in [0.2, 0.25) is 0 Å². The first kappa shape index (κ1) is 23.5. The van der Waals surface area contributed by atoms with Crippen molar-refractivity contribution in [3.63, 3.8) is 0 Å². The second kappa shape index (κ2) is 11.0. The number of nitrogens with zero attached hydrogens (tertiary/aromatic N) is 4. The van der Waals surface area contributed by atoms with Crippen molar-refractivity contribution >= 4 is 11.0 Å². The van der Waals surface area contributed by atoms with Crippen molar-refractivity contribution in [1.29, 1.82) is 0 Å². The zero-order chi connectivity index (χ0) is 24.9. The van der Waals surface area contributed by atoms with Gasteiger partial charge in [0.05, 0.1) is 35.0 Å². The van der Waals surface area contributed by atoms with Crippen LogP contribution in [0.4, 0.5) is 0 Å². The SMILES string of the molecule is c1ccc(CNCc2cccc(CN(Cc3nc4ccccc4[nH]3)C3CCCc4cccnc43)c2)nc1.